The fourth-order valence-corrected chi connectivity index (χ4v) is 5.43. The SMILES string of the molecule is N#Cc1c(NC(=O)CSc2cccs2)sc2c1CCCCC2. The van der Waals surface area contributed by atoms with Crippen molar-refractivity contribution in [3.8, 4) is 6.07 Å². The molecule has 0 radical (unpaired) electrons. The predicted molar refractivity (Wildman–Crippen MR) is 94.0 cm³/mol. The lowest BCUT2D eigenvalue weighted by Crippen LogP contribution is -2.13. The summed E-state index contributed by atoms with van der Waals surface area (Å²) in [7, 11) is 0. The zero-order valence-electron chi connectivity index (χ0n) is 12.1. The molecular formula is C16H16N2OS3. The normalized spacial score (nSPS) is 14.0. The maximum Gasteiger partial charge on any atom is 0.235 e. The van der Waals surface area contributed by atoms with Gasteiger partial charge in [0.05, 0.1) is 15.5 Å². The van der Waals surface area contributed by atoms with Crippen LogP contribution >= 0.6 is 34.4 Å². The summed E-state index contributed by atoms with van der Waals surface area (Å²) < 4.78 is 1.14. The number of amides is 1. The van der Waals surface area contributed by atoms with Gasteiger partial charge in [-0.25, -0.2) is 0 Å². The van der Waals surface area contributed by atoms with E-state index >= 15 is 0 Å². The van der Waals surface area contributed by atoms with E-state index in [0.717, 1.165) is 28.5 Å². The van der Waals surface area contributed by atoms with Gasteiger partial charge in [0.2, 0.25) is 5.91 Å². The number of hydrogen-bond donors (Lipinski definition) is 1. The van der Waals surface area contributed by atoms with Crippen LogP contribution in [-0.4, -0.2) is 11.7 Å². The van der Waals surface area contributed by atoms with E-state index < -0.39 is 0 Å². The fourth-order valence-electron chi connectivity index (χ4n) is 2.59. The van der Waals surface area contributed by atoms with Crippen molar-refractivity contribution in [3.05, 3.63) is 33.5 Å². The van der Waals surface area contributed by atoms with Crippen molar-refractivity contribution in [2.24, 2.45) is 0 Å². The number of nitriles is 1. The number of carbonyl (C=O) groups excluding carboxylic acids is 1. The van der Waals surface area contributed by atoms with Gasteiger partial charge in [0.1, 0.15) is 11.1 Å². The molecule has 1 aliphatic rings. The highest BCUT2D eigenvalue weighted by molar-refractivity contribution is 8.01. The van der Waals surface area contributed by atoms with Crippen LogP contribution in [0, 0.1) is 11.3 Å². The van der Waals surface area contributed by atoms with E-state index in [9.17, 15) is 10.1 Å². The quantitative estimate of drug-likeness (QED) is 0.644. The minimum absolute atomic E-state index is 0.0358. The molecule has 6 heteroatoms. The van der Waals surface area contributed by atoms with Crippen LogP contribution in [0.15, 0.2) is 21.7 Å². The molecule has 0 bridgehead atoms. The monoisotopic (exact) mass is 348 g/mol. The molecule has 0 saturated carbocycles. The maximum atomic E-state index is 12.1. The lowest BCUT2D eigenvalue weighted by atomic mass is 10.1. The van der Waals surface area contributed by atoms with Crippen LogP contribution in [0.1, 0.15) is 35.3 Å². The zero-order chi connectivity index (χ0) is 15.4. The van der Waals surface area contributed by atoms with E-state index in [2.05, 4.69) is 11.4 Å². The van der Waals surface area contributed by atoms with Crippen molar-refractivity contribution in [2.75, 3.05) is 11.1 Å². The highest BCUT2D eigenvalue weighted by Crippen LogP contribution is 2.37. The molecule has 0 fully saturated rings. The smallest absolute Gasteiger partial charge is 0.235 e. The molecule has 0 aliphatic heterocycles. The van der Waals surface area contributed by atoms with Crippen LogP contribution in [0.25, 0.3) is 0 Å². The van der Waals surface area contributed by atoms with Crippen molar-refractivity contribution in [3.63, 3.8) is 0 Å². The molecule has 0 atom stereocenters. The first-order valence-corrected chi connectivity index (χ1v) is 9.97. The summed E-state index contributed by atoms with van der Waals surface area (Å²) in [4.78, 5) is 13.4. The Morgan fingerprint density at radius 3 is 3.00 bits per heavy atom. The number of aryl methyl sites for hydroxylation is 1. The molecular weight excluding hydrogens is 332 g/mol. The van der Waals surface area contributed by atoms with E-state index in [0.29, 0.717) is 11.3 Å². The van der Waals surface area contributed by atoms with Gasteiger partial charge in [-0.05, 0) is 42.7 Å². The summed E-state index contributed by atoms with van der Waals surface area (Å²) in [5.41, 5.74) is 1.86. The van der Waals surface area contributed by atoms with Crippen molar-refractivity contribution in [2.45, 2.75) is 36.3 Å². The molecule has 1 N–H and O–H groups in total. The molecule has 2 heterocycles. The number of fused-ring (bicyclic) bond motifs is 1. The standard InChI is InChI=1S/C16H16N2OS3/c17-9-12-11-5-2-1-3-6-13(11)22-16(12)18-14(19)10-21-15-7-4-8-20-15/h4,7-8H,1-3,5-6,10H2,(H,18,19). The number of thiophene rings is 2. The molecule has 22 heavy (non-hydrogen) atoms. The van der Waals surface area contributed by atoms with E-state index in [1.54, 1.807) is 22.7 Å². The van der Waals surface area contributed by atoms with Crippen molar-refractivity contribution in [1.29, 1.82) is 5.26 Å². The Morgan fingerprint density at radius 2 is 2.23 bits per heavy atom. The highest BCUT2D eigenvalue weighted by Gasteiger charge is 2.20. The van der Waals surface area contributed by atoms with Crippen LogP contribution in [0.2, 0.25) is 0 Å². The molecule has 2 aromatic rings. The molecule has 3 nitrogen and oxygen atoms in total. The fraction of sp³-hybridized carbons (Fsp3) is 0.375. The summed E-state index contributed by atoms with van der Waals surface area (Å²) in [6, 6.07) is 6.29. The Bertz CT molecular complexity index is 698. The summed E-state index contributed by atoms with van der Waals surface area (Å²) >= 11 is 4.76. The molecule has 0 unspecified atom stereocenters. The van der Waals surface area contributed by atoms with Crippen molar-refractivity contribution >= 4 is 45.3 Å². The third-order valence-corrected chi connectivity index (χ3v) is 6.96. The second-order valence-electron chi connectivity index (χ2n) is 5.15. The highest BCUT2D eigenvalue weighted by atomic mass is 32.2. The maximum absolute atomic E-state index is 12.1. The second-order valence-corrected chi connectivity index (χ2v) is 8.48. The summed E-state index contributed by atoms with van der Waals surface area (Å²) in [6.45, 7) is 0. The Labute approximate surface area is 142 Å². The minimum atomic E-state index is -0.0358. The molecule has 114 valence electrons. The van der Waals surface area contributed by atoms with E-state index in [-0.39, 0.29) is 5.91 Å². The van der Waals surface area contributed by atoms with Gasteiger partial charge in [-0.2, -0.15) is 5.26 Å². The zero-order valence-corrected chi connectivity index (χ0v) is 14.5. The summed E-state index contributed by atoms with van der Waals surface area (Å²) in [6.07, 6.45) is 5.55. The average molecular weight is 349 g/mol. The molecule has 0 saturated heterocycles. The number of hydrogen-bond acceptors (Lipinski definition) is 5. The van der Waals surface area contributed by atoms with Crippen LogP contribution < -0.4 is 5.32 Å². The third-order valence-electron chi connectivity index (χ3n) is 3.63. The number of nitrogens with zero attached hydrogens (tertiary/aromatic N) is 1. The summed E-state index contributed by atoms with van der Waals surface area (Å²) in [5, 5.41) is 15.1. The Balaban J connectivity index is 1.69. The van der Waals surface area contributed by atoms with E-state index in [1.807, 2.05) is 17.5 Å². The number of anilines is 1. The number of nitrogens with one attached hydrogen (secondary N) is 1. The van der Waals surface area contributed by atoms with Gasteiger partial charge in [-0.3, -0.25) is 4.79 Å². The lowest BCUT2D eigenvalue weighted by molar-refractivity contribution is -0.113. The number of rotatable bonds is 4. The van der Waals surface area contributed by atoms with Crippen LogP contribution in [0.3, 0.4) is 0 Å². The van der Waals surface area contributed by atoms with E-state index in [4.69, 9.17) is 0 Å². The topological polar surface area (TPSA) is 52.9 Å². The first kappa shape index (κ1) is 15.6. The first-order chi connectivity index (χ1) is 10.8. The number of carbonyl (C=O) groups is 1. The molecule has 1 aliphatic carbocycles. The van der Waals surface area contributed by atoms with Crippen LogP contribution in [0.5, 0.6) is 0 Å². The van der Waals surface area contributed by atoms with Gasteiger partial charge in [-0.15, -0.1) is 34.4 Å². The number of thioether (sulfide) groups is 1. The van der Waals surface area contributed by atoms with Crippen LogP contribution in [0.4, 0.5) is 5.00 Å². The largest absolute Gasteiger partial charge is 0.316 e. The van der Waals surface area contributed by atoms with Gasteiger partial charge >= 0.3 is 0 Å². The summed E-state index contributed by atoms with van der Waals surface area (Å²) in [5.74, 6) is 0.347. The molecule has 0 aromatic carbocycles. The Kier molecular flexibility index (Phi) is 5.19. The Hall–Kier alpha value is -1.29. The molecule has 0 spiro atoms. The average Bonchev–Trinajstić information content (AvgIpc) is 3.08. The molecule has 1 amide bonds. The van der Waals surface area contributed by atoms with E-state index in [1.165, 1.54) is 35.0 Å². The van der Waals surface area contributed by atoms with Crippen molar-refractivity contribution < 1.29 is 4.79 Å². The minimum Gasteiger partial charge on any atom is -0.316 e. The van der Waals surface area contributed by atoms with Crippen molar-refractivity contribution in [1.82, 2.24) is 0 Å². The third kappa shape index (κ3) is 3.54. The van der Waals surface area contributed by atoms with Gasteiger partial charge in [0.15, 0.2) is 0 Å². The van der Waals surface area contributed by atoms with Gasteiger partial charge in [0, 0.05) is 4.88 Å². The van der Waals surface area contributed by atoms with Gasteiger partial charge in [-0.1, -0.05) is 12.5 Å². The van der Waals surface area contributed by atoms with Crippen LogP contribution in [-0.2, 0) is 17.6 Å². The second kappa shape index (κ2) is 7.32. The Morgan fingerprint density at radius 1 is 1.36 bits per heavy atom. The predicted octanol–water partition coefficient (Wildman–Crippen LogP) is 4.68. The lowest BCUT2D eigenvalue weighted by Gasteiger charge is -2.03. The van der Waals surface area contributed by atoms with Gasteiger partial charge in [0.25, 0.3) is 0 Å². The molecule has 2 aromatic heterocycles. The first-order valence-electron chi connectivity index (χ1n) is 7.28. The molecule has 3 rings (SSSR count). The van der Waals surface area contributed by atoms with Gasteiger partial charge < -0.3 is 5.32 Å².